The molecule has 41 heavy (non-hydrogen) atoms. The predicted octanol–water partition coefficient (Wildman–Crippen LogP) is 5.50. The molecule has 1 saturated heterocycles. The highest BCUT2D eigenvalue weighted by Gasteiger charge is 2.38. The van der Waals surface area contributed by atoms with Gasteiger partial charge in [0.25, 0.3) is 0 Å². The molecule has 2 fully saturated rings. The van der Waals surface area contributed by atoms with E-state index in [0.717, 1.165) is 62.0 Å². The number of benzene rings is 3. The van der Waals surface area contributed by atoms with Gasteiger partial charge in [0.2, 0.25) is 11.9 Å². The molecule has 6 rings (SSSR count). The lowest BCUT2D eigenvalue weighted by molar-refractivity contribution is -0.131. The van der Waals surface area contributed by atoms with Gasteiger partial charge in [0.05, 0.1) is 17.5 Å². The van der Waals surface area contributed by atoms with Crippen LogP contribution in [0, 0.1) is 11.8 Å². The predicted molar refractivity (Wildman–Crippen MR) is 166 cm³/mol. The molecule has 0 atom stereocenters. The minimum Gasteiger partial charge on any atom is -0.362 e. The molecule has 1 aliphatic carbocycles. The van der Waals surface area contributed by atoms with Gasteiger partial charge in [0, 0.05) is 45.2 Å². The topological polar surface area (TPSA) is 73.4 Å². The Morgan fingerprint density at radius 2 is 1.46 bits per heavy atom. The summed E-state index contributed by atoms with van der Waals surface area (Å²) in [4.78, 5) is 27.1. The first-order valence-corrected chi connectivity index (χ1v) is 14.9. The van der Waals surface area contributed by atoms with E-state index in [4.69, 9.17) is 9.97 Å². The molecule has 7 heteroatoms. The highest BCUT2D eigenvalue weighted by atomic mass is 16.2. The number of hydrogen-bond acceptors (Lipinski definition) is 6. The molecule has 1 aliphatic heterocycles. The van der Waals surface area contributed by atoms with Gasteiger partial charge in [-0.1, -0.05) is 72.8 Å². The highest BCUT2D eigenvalue weighted by molar-refractivity contribution is 5.90. The molecule has 7 nitrogen and oxygen atoms in total. The van der Waals surface area contributed by atoms with Crippen molar-refractivity contribution in [3.05, 3.63) is 96.1 Å². The van der Waals surface area contributed by atoms with Crippen LogP contribution < -0.4 is 15.5 Å². The molecule has 2 heterocycles. The van der Waals surface area contributed by atoms with Gasteiger partial charge in [-0.3, -0.25) is 9.69 Å². The second-order valence-corrected chi connectivity index (χ2v) is 11.8. The summed E-state index contributed by atoms with van der Waals surface area (Å²) < 4.78 is 0. The van der Waals surface area contributed by atoms with Crippen LogP contribution in [-0.2, 0) is 4.79 Å². The molecule has 4 aromatic rings. The smallest absolute Gasteiger partial charge is 0.225 e. The molecule has 212 valence electrons. The Labute approximate surface area is 243 Å². The van der Waals surface area contributed by atoms with Gasteiger partial charge in [0.15, 0.2) is 0 Å². The first kappa shape index (κ1) is 27.2. The highest BCUT2D eigenvalue weighted by Crippen LogP contribution is 2.34. The van der Waals surface area contributed by atoms with E-state index >= 15 is 0 Å². The van der Waals surface area contributed by atoms with Gasteiger partial charge >= 0.3 is 0 Å². The van der Waals surface area contributed by atoms with E-state index in [1.807, 2.05) is 37.2 Å². The number of para-hydroxylation sites is 1. The normalized spacial score (nSPS) is 19.6. The Bertz CT molecular complexity index is 1410. The van der Waals surface area contributed by atoms with Crippen LogP contribution in [0.2, 0.25) is 0 Å². The van der Waals surface area contributed by atoms with E-state index in [2.05, 4.69) is 82.3 Å². The summed E-state index contributed by atoms with van der Waals surface area (Å²) in [5.74, 6) is 2.40. The van der Waals surface area contributed by atoms with Crippen molar-refractivity contribution in [1.82, 2.24) is 20.2 Å². The fraction of sp³-hybridized carbons (Fsp3) is 0.382. The summed E-state index contributed by atoms with van der Waals surface area (Å²) in [6.07, 6.45) is 4.29. The summed E-state index contributed by atoms with van der Waals surface area (Å²) in [7, 11) is 4.04. The number of rotatable bonds is 9. The number of likely N-dealkylation sites (tertiary alicyclic amines) is 1. The quantitative estimate of drug-likeness (QED) is 0.288. The number of carbonyl (C=O) groups excluding carboxylic acids is 1. The molecule has 0 unspecified atom stereocenters. The second-order valence-electron chi connectivity index (χ2n) is 11.8. The van der Waals surface area contributed by atoms with Crippen LogP contribution in [-0.4, -0.2) is 60.5 Å². The number of anilines is 2. The maximum absolute atomic E-state index is 13.0. The Morgan fingerprint density at radius 1 is 0.854 bits per heavy atom. The Kier molecular flexibility index (Phi) is 8.14. The fourth-order valence-electron chi connectivity index (χ4n) is 6.32. The van der Waals surface area contributed by atoms with Crippen molar-refractivity contribution in [2.24, 2.45) is 11.8 Å². The van der Waals surface area contributed by atoms with Crippen LogP contribution in [0.25, 0.3) is 10.9 Å². The van der Waals surface area contributed by atoms with E-state index in [0.29, 0.717) is 17.9 Å². The minimum absolute atomic E-state index is 0.0545. The summed E-state index contributed by atoms with van der Waals surface area (Å²) >= 11 is 0. The van der Waals surface area contributed by atoms with Crippen LogP contribution >= 0.6 is 0 Å². The number of amides is 1. The molecule has 1 aromatic heterocycles. The third-order valence-corrected chi connectivity index (χ3v) is 8.63. The summed E-state index contributed by atoms with van der Waals surface area (Å²) in [6, 6.07) is 29.9. The fourth-order valence-corrected chi connectivity index (χ4v) is 6.32. The van der Waals surface area contributed by atoms with Crippen molar-refractivity contribution in [2.45, 2.75) is 37.8 Å². The molecule has 0 bridgehead atoms. The zero-order valence-electron chi connectivity index (χ0n) is 24.0. The largest absolute Gasteiger partial charge is 0.362 e. The van der Waals surface area contributed by atoms with Crippen molar-refractivity contribution in [1.29, 1.82) is 0 Å². The molecule has 0 spiro atoms. The van der Waals surface area contributed by atoms with Gasteiger partial charge in [-0.2, -0.15) is 4.98 Å². The maximum Gasteiger partial charge on any atom is 0.225 e. The van der Waals surface area contributed by atoms with Crippen molar-refractivity contribution >= 4 is 28.6 Å². The molecule has 0 radical (unpaired) electrons. The monoisotopic (exact) mass is 548 g/mol. The van der Waals surface area contributed by atoms with E-state index in [1.165, 1.54) is 11.1 Å². The van der Waals surface area contributed by atoms with Crippen LogP contribution in [0.3, 0.4) is 0 Å². The summed E-state index contributed by atoms with van der Waals surface area (Å²) in [5.41, 5.74) is 3.50. The van der Waals surface area contributed by atoms with Gasteiger partial charge in [0.1, 0.15) is 5.82 Å². The number of nitrogens with one attached hydrogen (secondary N) is 2. The molecule has 2 aliphatic rings. The van der Waals surface area contributed by atoms with E-state index < -0.39 is 0 Å². The third kappa shape index (κ3) is 6.20. The number of nitrogens with zero attached hydrogens (tertiary/aromatic N) is 4. The second kappa shape index (κ2) is 12.3. The molecule has 1 amide bonds. The lowest BCUT2D eigenvalue weighted by atomic mass is 9.85. The molecule has 1 saturated carbocycles. The van der Waals surface area contributed by atoms with E-state index in [9.17, 15) is 4.79 Å². The average molecular weight is 549 g/mol. The third-order valence-electron chi connectivity index (χ3n) is 8.63. The zero-order chi connectivity index (χ0) is 28.2. The summed E-state index contributed by atoms with van der Waals surface area (Å²) in [5, 5.41) is 7.94. The van der Waals surface area contributed by atoms with Gasteiger partial charge in [-0.25, -0.2) is 4.98 Å². The number of fused-ring (bicyclic) bond motifs is 1. The summed E-state index contributed by atoms with van der Waals surface area (Å²) in [6.45, 7) is 2.34. The molecular formula is C34H40N6O. The van der Waals surface area contributed by atoms with Crippen molar-refractivity contribution in [3.8, 4) is 0 Å². The Hall–Kier alpha value is -3.97. The number of aromatic nitrogens is 2. The van der Waals surface area contributed by atoms with E-state index in [1.54, 1.807) is 0 Å². The van der Waals surface area contributed by atoms with E-state index in [-0.39, 0.29) is 17.9 Å². The zero-order valence-corrected chi connectivity index (χ0v) is 24.0. The average Bonchev–Trinajstić information content (AvgIpc) is 2.98. The first-order chi connectivity index (χ1) is 20.0. The van der Waals surface area contributed by atoms with Gasteiger partial charge in [-0.05, 0) is 54.9 Å². The van der Waals surface area contributed by atoms with Crippen molar-refractivity contribution in [3.63, 3.8) is 0 Å². The first-order valence-electron chi connectivity index (χ1n) is 14.9. The number of hydrogen-bond donors (Lipinski definition) is 2. The van der Waals surface area contributed by atoms with Gasteiger partial charge in [-0.15, -0.1) is 0 Å². The van der Waals surface area contributed by atoms with Crippen molar-refractivity contribution < 1.29 is 4.79 Å². The molecular weight excluding hydrogens is 508 g/mol. The van der Waals surface area contributed by atoms with Crippen LogP contribution in [0.15, 0.2) is 84.9 Å². The van der Waals surface area contributed by atoms with Crippen LogP contribution in [0.4, 0.5) is 11.8 Å². The molecule has 2 N–H and O–H groups in total. The molecule has 3 aromatic carbocycles. The SMILES string of the molecule is CN(C)c1nc(NC2CCC(CNC(=O)C3CN(C(c4ccccc4)c4ccccc4)C3)CC2)nc2ccccc12. The standard InChI is InChI=1S/C34H40N6O/c1-39(2)32-29-15-9-10-16-30(29)37-34(38-32)36-28-19-17-24(18-20-28)21-35-33(41)27-22-40(23-27)31(25-11-5-3-6-12-25)26-13-7-4-8-14-26/h3-16,24,27-28,31H,17-23H2,1-2H3,(H,35,41)(H,36,37,38). The lowest BCUT2D eigenvalue weighted by Crippen LogP contribution is -2.55. The minimum atomic E-state index is 0.0545. The van der Waals surface area contributed by atoms with Crippen LogP contribution in [0.5, 0.6) is 0 Å². The Morgan fingerprint density at radius 3 is 2.10 bits per heavy atom. The van der Waals surface area contributed by atoms with Gasteiger partial charge < -0.3 is 15.5 Å². The van der Waals surface area contributed by atoms with Crippen LogP contribution in [0.1, 0.15) is 42.9 Å². The van der Waals surface area contributed by atoms with Crippen molar-refractivity contribution in [2.75, 3.05) is 43.9 Å². The maximum atomic E-state index is 13.0. The lowest BCUT2D eigenvalue weighted by Gasteiger charge is -2.44. The Balaban J connectivity index is 0.979. The number of carbonyl (C=O) groups is 1.